The van der Waals surface area contributed by atoms with Gasteiger partial charge in [-0.15, -0.1) is 5.73 Å². The van der Waals surface area contributed by atoms with Crippen LogP contribution in [-0.4, -0.2) is 6.54 Å². The van der Waals surface area contributed by atoms with Gasteiger partial charge in [0.05, 0.1) is 0 Å². The molecule has 0 fully saturated rings. The normalized spacial score (nSPS) is 8.60. The Morgan fingerprint density at radius 1 is 1.30 bits per heavy atom. The third-order valence-corrected chi connectivity index (χ3v) is 1.22. The Hall–Kier alpha value is -0.520. The maximum Gasteiger partial charge on any atom is -0.00741 e. The summed E-state index contributed by atoms with van der Waals surface area (Å²) in [6.45, 7) is 2.95. The second-order valence-corrected chi connectivity index (χ2v) is 2.29. The van der Waals surface area contributed by atoms with E-state index in [2.05, 4.69) is 24.8 Å². The van der Waals surface area contributed by atoms with Crippen LogP contribution in [0.15, 0.2) is 17.9 Å². The fourth-order valence-electron chi connectivity index (χ4n) is 0.614. The molecule has 2 N–H and O–H groups in total. The fourth-order valence-corrected chi connectivity index (χ4v) is 0.614. The molecule has 0 aromatic rings. The fraction of sp³-hybridized carbons (Fsp3) is 0.667. The number of hydrogen-bond donors (Lipinski definition) is 1. The van der Waals surface area contributed by atoms with Crippen molar-refractivity contribution in [2.45, 2.75) is 32.6 Å². The highest BCUT2D eigenvalue weighted by atomic mass is 14.5. The van der Waals surface area contributed by atoms with Gasteiger partial charge in [-0.05, 0) is 38.0 Å². The second kappa shape index (κ2) is 8.48. The van der Waals surface area contributed by atoms with Gasteiger partial charge in [0.1, 0.15) is 0 Å². The minimum atomic E-state index is 0.784. The van der Waals surface area contributed by atoms with Crippen molar-refractivity contribution in [1.29, 1.82) is 0 Å². The van der Waals surface area contributed by atoms with Crippen LogP contribution in [0.3, 0.4) is 0 Å². The number of unbranched alkanes of at least 4 members (excludes halogenated alkanes) is 2. The Balaban J connectivity index is 3.17. The first-order valence-corrected chi connectivity index (χ1v) is 4.01. The minimum Gasteiger partial charge on any atom is -0.330 e. The van der Waals surface area contributed by atoms with Gasteiger partial charge in [-0.2, -0.15) is 0 Å². The van der Waals surface area contributed by atoms with E-state index < -0.39 is 0 Å². The number of rotatable bonds is 5. The Morgan fingerprint density at radius 2 is 2.00 bits per heavy atom. The molecule has 0 bridgehead atoms. The van der Waals surface area contributed by atoms with Crippen LogP contribution >= 0.6 is 0 Å². The van der Waals surface area contributed by atoms with E-state index in [1.807, 2.05) is 0 Å². The van der Waals surface area contributed by atoms with E-state index >= 15 is 0 Å². The highest BCUT2D eigenvalue weighted by Gasteiger charge is 1.74. The van der Waals surface area contributed by atoms with Crippen molar-refractivity contribution in [3.8, 4) is 0 Å². The summed E-state index contributed by atoms with van der Waals surface area (Å²) in [5.41, 5.74) is 8.43. The van der Waals surface area contributed by atoms with Crippen molar-refractivity contribution < 1.29 is 0 Å². The summed E-state index contributed by atoms with van der Waals surface area (Å²) < 4.78 is 0. The van der Waals surface area contributed by atoms with Crippen molar-refractivity contribution in [1.82, 2.24) is 0 Å². The molecular weight excluding hydrogens is 122 g/mol. The summed E-state index contributed by atoms with van der Waals surface area (Å²) in [7, 11) is 0. The van der Waals surface area contributed by atoms with Crippen molar-refractivity contribution in [3.63, 3.8) is 0 Å². The maximum atomic E-state index is 5.31. The van der Waals surface area contributed by atoms with Gasteiger partial charge < -0.3 is 5.73 Å². The van der Waals surface area contributed by atoms with Gasteiger partial charge in [0.15, 0.2) is 0 Å². The minimum absolute atomic E-state index is 0.784. The van der Waals surface area contributed by atoms with Gasteiger partial charge in [-0.3, -0.25) is 0 Å². The van der Waals surface area contributed by atoms with Crippen LogP contribution in [0.25, 0.3) is 0 Å². The lowest BCUT2D eigenvalue weighted by molar-refractivity contribution is 0.855. The van der Waals surface area contributed by atoms with Crippen LogP contribution < -0.4 is 5.73 Å². The van der Waals surface area contributed by atoms with E-state index in [1.54, 1.807) is 0 Å². The Kier molecular flexibility index (Phi) is 8.04. The van der Waals surface area contributed by atoms with Crippen molar-refractivity contribution in [3.05, 3.63) is 17.9 Å². The molecule has 0 radical (unpaired) electrons. The summed E-state index contributed by atoms with van der Waals surface area (Å²) in [5.74, 6) is 0. The molecule has 0 aliphatic heterocycles. The zero-order valence-electron chi connectivity index (χ0n) is 6.77. The van der Waals surface area contributed by atoms with Crippen LogP contribution in [0.1, 0.15) is 32.6 Å². The van der Waals surface area contributed by atoms with Crippen molar-refractivity contribution in [2.75, 3.05) is 6.54 Å². The molecule has 0 rings (SSSR count). The molecule has 58 valence electrons. The third-order valence-electron chi connectivity index (χ3n) is 1.22. The average Bonchev–Trinajstić information content (AvgIpc) is 1.97. The van der Waals surface area contributed by atoms with E-state index in [-0.39, 0.29) is 0 Å². The molecule has 0 spiro atoms. The summed E-state index contributed by atoms with van der Waals surface area (Å²) >= 11 is 0. The Bertz CT molecular complexity index is 110. The average molecular weight is 139 g/mol. The number of nitrogens with two attached hydrogens (primary N) is 1. The Morgan fingerprint density at radius 3 is 2.60 bits per heavy atom. The first kappa shape index (κ1) is 9.48. The molecule has 0 aromatic heterocycles. The molecule has 0 aliphatic carbocycles. The van der Waals surface area contributed by atoms with Crippen LogP contribution in [0.5, 0.6) is 0 Å². The first-order chi connectivity index (χ1) is 4.91. The molecular formula is C9H17N. The van der Waals surface area contributed by atoms with E-state index in [1.165, 1.54) is 6.42 Å². The van der Waals surface area contributed by atoms with Gasteiger partial charge in [0, 0.05) is 0 Å². The molecule has 0 aliphatic rings. The van der Waals surface area contributed by atoms with E-state index in [0.29, 0.717) is 0 Å². The Labute approximate surface area is 63.6 Å². The van der Waals surface area contributed by atoms with Crippen LogP contribution in [0.4, 0.5) is 0 Å². The lowest BCUT2D eigenvalue weighted by Gasteiger charge is -1.84. The molecule has 0 saturated carbocycles. The molecule has 0 atom stereocenters. The van der Waals surface area contributed by atoms with Crippen molar-refractivity contribution in [2.24, 2.45) is 5.73 Å². The van der Waals surface area contributed by atoms with Gasteiger partial charge >= 0.3 is 0 Å². The molecule has 0 amide bonds. The number of hydrogen-bond acceptors (Lipinski definition) is 1. The maximum absolute atomic E-state index is 5.31. The summed E-state index contributed by atoms with van der Waals surface area (Å²) in [6, 6.07) is 0. The van der Waals surface area contributed by atoms with E-state index in [4.69, 9.17) is 5.73 Å². The van der Waals surface area contributed by atoms with Gasteiger partial charge in [0.2, 0.25) is 0 Å². The van der Waals surface area contributed by atoms with Crippen LogP contribution in [0.2, 0.25) is 0 Å². The highest BCUT2D eigenvalue weighted by Crippen LogP contribution is 1.89. The highest BCUT2D eigenvalue weighted by molar-refractivity contribution is 4.84. The summed E-state index contributed by atoms with van der Waals surface area (Å²) in [6.07, 6.45) is 8.62. The molecule has 10 heavy (non-hydrogen) atoms. The summed E-state index contributed by atoms with van der Waals surface area (Å²) in [4.78, 5) is 0. The van der Waals surface area contributed by atoms with Gasteiger partial charge in [-0.1, -0.05) is 13.3 Å². The largest absolute Gasteiger partial charge is 0.330 e. The van der Waals surface area contributed by atoms with E-state index in [9.17, 15) is 0 Å². The predicted molar refractivity (Wildman–Crippen MR) is 45.8 cm³/mol. The molecule has 1 nitrogen and oxygen atoms in total. The summed E-state index contributed by atoms with van der Waals surface area (Å²) in [5, 5.41) is 0. The third kappa shape index (κ3) is 7.48. The molecule has 0 aromatic carbocycles. The smallest absolute Gasteiger partial charge is 0.00741 e. The second-order valence-electron chi connectivity index (χ2n) is 2.29. The number of allylic oxidation sites excluding steroid dienone is 1. The van der Waals surface area contributed by atoms with Crippen LogP contribution in [0, 0.1) is 0 Å². The van der Waals surface area contributed by atoms with Crippen LogP contribution in [-0.2, 0) is 0 Å². The predicted octanol–water partition coefficient (Wildman–Crippen LogP) is 2.24. The quantitative estimate of drug-likeness (QED) is 0.459. The van der Waals surface area contributed by atoms with Crippen molar-refractivity contribution >= 4 is 0 Å². The SMILES string of the molecule is CCCC=C=CCCCN. The zero-order chi connectivity index (χ0) is 7.66. The lowest BCUT2D eigenvalue weighted by Crippen LogP contribution is -1.96. The lowest BCUT2D eigenvalue weighted by atomic mass is 10.3. The van der Waals surface area contributed by atoms with Gasteiger partial charge in [-0.25, -0.2) is 0 Å². The molecule has 0 unspecified atom stereocenters. The standard InChI is InChI=1S/C9H17N/c1-2-3-4-5-6-7-8-9-10/h4,6H,2-3,7-10H2,1H3. The molecule has 0 heterocycles. The molecule has 1 heteroatoms. The van der Waals surface area contributed by atoms with E-state index in [0.717, 1.165) is 25.8 Å². The topological polar surface area (TPSA) is 26.0 Å². The monoisotopic (exact) mass is 139 g/mol. The zero-order valence-corrected chi connectivity index (χ0v) is 6.77. The first-order valence-electron chi connectivity index (χ1n) is 4.01. The molecule has 0 saturated heterocycles. The van der Waals surface area contributed by atoms with Gasteiger partial charge in [0.25, 0.3) is 0 Å².